The molecule has 150 valence electrons. The van der Waals surface area contributed by atoms with Crippen molar-refractivity contribution in [1.82, 2.24) is 4.90 Å². The van der Waals surface area contributed by atoms with Gasteiger partial charge < -0.3 is 25.6 Å². The molecule has 6 nitrogen and oxygen atoms in total. The highest BCUT2D eigenvalue weighted by atomic mass is 16.5. The largest absolute Gasteiger partial charge is 0.491 e. The summed E-state index contributed by atoms with van der Waals surface area (Å²) in [5.41, 5.74) is 9.24. The first-order chi connectivity index (χ1) is 13.5. The Kier molecular flexibility index (Phi) is 6.41. The highest BCUT2D eigenvalue weighted by Gasteiger charge is 2.18. The number of nitrogens with two attached hydrogens (primary N) is 1. The highest BCUT2D eigenvalue weighted by molar-refractivity contribution is 6.04. The third-order valence-corrected chi connectivity index (χ3v) is 4.91. The van der Waals surface area contributed by atoms with Gasteiger partial charge in [-0.1, -0.05) is 13.0 Å². The number of likely N-dealkylation sites (N-methyl/N-ethyl adjacent to an activating group) is 1. The van der Waals surface area contributed by atoms with Gasteiger partial charge in [-0.3, -0.25) is 4.79 Å². The first kappa shape index (κ1) is 20.0. The molecule has 2 aromatic carbocycles. The van der Waals surface area contributed by atoms with Gasteiger partial charge in [0.2, 0.25) is 0 Å². The molecule has 0 spiro atoms. The molecule has 0 radical (unpaired) electrons. The van der Waals surface area contributed by atoms with E-state index in [9.17, 15) is 4.79 Å². The van der Waals surface area contributed by atoms with Gasteiger partial charge in [-0.25, -0.2) is 0 Å². The van der Waals surface area contributed by atoms with Crippen LogP contribution in [0, 0.1) is 0 Å². The Hall–Kier alpha value is -2.73. The number of amides is 1. The lowest BCUT2D eigenvalue weighted by atomic mass is 10.1. The molecule has 1 aliphatic rings. The van der Waals surface area contributed by atoms with Gasteiger partial charge in [-0.05, 0) is 56.8 Å². The van der Waals surface area contributed by atoms with E-state index in [-0.39, 0.29) is 12.0 Å². The molecule has 1 heterocycles. The molecule has 6 heteroatoms. The predicted molar refractivity (Wildman–Crippen MR) is 115 cm³/mol. The van der Waals surface area contributed by atoms with Crippen LogP contribution in [0.25, 0.3) is 0 Å². The quantitative estimate of drug-likeness (QED) is 0.749. The summed E-state index contributed by atoms with van der Waals surface area (Å²) >= 11 is 0. The van der Waals surface area contributed by atoms with E-state index >= 15 is 0 Å². The number of rotatable bonds is 6. The molecule has 0 unspecified atom stereocenters. The molecule has 0 bridgehead atoms. The van der Waals surface area contributed by atoms with Gasteiger partial charge in [0, 0.05) is 37.4 Å². The lowest BCUT2D eigenvalue weighted by Crippen LogP contribution is -2.46. The zero-order chi connectivity index (χ0) is 20.1. The lowest BCUT2D eigenvalue weighted by Gasteiger charge is -2.36. The van der Waals surface area contributed by atoms with Gasteiger partial charge in [0.25, 0.3) is 5.91 Å². The molecule has 2 aromatic rings. The number of benzene rings is 2. The molecule has 0 atom stereocenters. The summed E-state index contributed by atoms with van der Waals surface area (Å²) in [5.74, 6) is 0.502. The number of carbonyl (C=O) groups excluding carboxylic acids is 1. The van der Waals surface area contributed by atoms with Gasteiger partial charge in [-0.15, -0.1) is 0 Å². The molecule has 28 heavy (non-hydrogen) atoms. The van der Waals surface area contributed by atoms with Gasteiger partial charge in [0.1, 0.15) is 5.75 Å². The summed E-state index contributed by atoms with van der Waals surface area (Å²) < 4.78 is 5.66. The summed E-state index contributed by atoms with van der Waals surface area (Å²) in [6.07, 6.45) is 0.0600. The number of nitrogens with one attached hydrogen (secondary N) is 1. The standard InChI is InChI=1S/C22H30N4O2/c1-4-25-10-12-26(13-11-25)21-9-8-18(15-20(21)23)24-22(27)17-6-5-7-19(14-17)28-16(2)3/h5-9,14-16H,4,10-13,23H2,1-3H3,(H,24,27). The van der Waals surface area contributed by atoms with Crippen LogP contribution in [0.5, 0.6) is 5.75 Å². The molecule has 3 rings (SSSR count). The summed E-state index contributed by atoms with van der Waals surface area (Å²) in [4.78, 5) is 17.3. The van der Waals surface area contributed by atoms with Crippen LogP contribution < -0.4 is 20.7 Å². The molecular weight excluding hydrogens is 352 g/mol. The van der Waals surface area contributed by atoms with Gasteiger partial charge in [0.05, 0.1) is 17.5 Å². The van der Waals surface area contributed by atoms with Crippen LogP contribution >= 0.6 is 0 Å². The van der Waals surface area contributed by atoms with Crippen molar-refractivity contribution in [1.29, 1.82) is 0 Å². The smallest absolute Gasteiger partial charge is 0.255 e. The average Bonchev–Trinajstić information content (AvgIpc) is 2.68. The van der Waals surface area contributed by atoms with Crippen molar-refractivity contribution in [2.45, 2.75) is 26.9 Å². The van der Waals surface area contributed by atoms with E-state index in [4.69, 9.17) is 10.5 Å². The van der Waals surface area contributed by atoms with Gasteiger partial charge in [-0.2, -0.15) is 0 Å². The fraction of sp³-hybridized carbons (Fsp3) is 0.409. The van der Waals surface area contributed by atoms with Crippen LogP contribution in [0.15, 0.2) is 42.5 Å². The number of nitrogens with zero attached hydrogens (tertiary/aromatic N) is 2. The van der Waals surface area contributed by atoms with Crippen molar-refractivity contribution in [3.63, 3.8) is 0 Å². The van der Waals surface area contributed by atoms with Crippen molar-refractivity contribution >= 4 is 23.0 Å². The summed E-state index contributed by atoms with van der Waals surface area (Å²) in [6, 6.07) is 12.9. The van der Waals surface area contributed by atoms with Crippen molar-refractivity contribution in [3.8, 4) is 5.75 Å². The van der Waals surface area contributed by atoms with Crippen molar-refractivity contribution in [2.75, 3.05) is 48.7 Å². The molecule has 1 saturated heterocycles. The first-order valence-corrected chi connectivity index (χ1v) is 9.91. The molecule has 1 amide bonds. The van der Waals surface area contributed by atoms with E-state index in [1.165, 1.54) is 0 Å². The fourth-order valence-corrected chi connectivity index (χ4v) is 3.41. The van der Waals surface area contributed by atoms with Crippen LogP contribution in [-0.2, 0) is 0 Å². The summed E-state index contributed by atoms with van der Waals surface area (Å²) in [7, 11) is 0. The predicted octanol–water partition coefficient (Wildman–Crippen LogP) is 3.45. The fourth-order valence-electron chi connectivity index (χ4n) is 3.41. The van der Waals surface area contributed by atoms with Crippen LogP contribution in [0.1, 0.15) is 31.1 Å². The number of anilines is 3. The number of ether oxygens (including phenoxy) is 1. The Balaban J connectivity index is 1.67. The monoisotopic (exact) mass is 382 g/mol. The summed E-state index contributed by atoms with van der Waals surface area (Å²) in [5, 5.41) is 2.92. The van der Waals surface area contributed by atoms with E-state index in [1.54, 1.807) is 12.1 Å². The van der Waals surface area contributed by atoms with Crippen molar-refractivity contribution in [3.05, 3.63) is 48.0 Å². The van der Waals surface area contributed by atoms with Crippen molar-refractivity contribution < 1.29 is 9.53 Å². The van der Waals surface area contributed by atoms with Crippen LogP contribution in [0.2, 0.25) is 0 Å². The Labute approximate surface area is 167 Å². The normalized spacial score (nSPS) is 14.9. The minimum atomic E-state index is -0.182. The molecule has 0 aliphatic carbocycles. The third kappa shape index (κ3) is 4.95. The zero-order valence-corrected chi connectivity index (χ0v) is 16.9. The Morgan fingerprint density at radius 3 is 2.54 bits per heavy atom. The molecule has 3 N–H and O–H groups in total. The minimum absolute atomic E-state index is 0.0600. The van der Waals surface area contributed by atoms with Crippen LogP contribution in [-0.4, -0.2) is 49.6 Å². The van der Waals surface area contributed by atoms with E-state index in [2.05, 4.69) is 22.0 Å². The topological polar surface area (TPSA) is 70.8 Å². The Morgan fingerprint density at radius 2 is 1.89 bits per heavy atom. The lowest BCUT2D eigenvalue weighted by molar-refractivity contribution is 0.102. The van der Waals surface area contributed by atoms with Crippen LogP contribution in [0.3, 0.4) is 0 Å². The minimum Gasteiger partial charge on any atom is -0.491 e. The van der Waals surface area contributed by atoms with E-state index < -0.39 is 0 Å². The van der Waals surface area contributed by atoms with Crippen LogP contribution in [0.4, 0.5) is 17.1 Å². The maximum atomic E-state index is 12.6. The number of piperazine rings is 1. The molecule has 1 aliphatic heterocycles. The second-order valence-electron chi connectivity index (χ2n) is 7.34. The number of nitrogen functional groups attached to an aromatic ring is 1. The Morgan fingerprint density at radius 1 is 1.14 bits per heavy atom. The van der Waals surface area contributed by atoms with Gasteiger partial charge in [0.15, 0.2) is 0 Å². The second-order valence-corrected chi connectivity index (χ2v) is 7.34. The third-order valence-electron chi connectivity index (χ3n) is 4.91. The number of carbonyl (C=O) groups is 1. The summed E-state index contributed by atoms with van der Waals surface area (Å²) in [6.45, 7) is 11.2. The Bertz CT molecular complexity index is 814. The van der Waals surface area contributed by atoms with Crippen molar-refractivity contribution in [2.24, 2.45) is 0 Å². The number of hydrogen-bond acceptors (Lipinski definition) is 5. The first-order valence-electron chi connectivity index (χ1n) is 9.91. The highest BCUT2D eigenvalue weighted by Crippen LogP contribution is 2.28. The van der Waals surface area contributed by atoms with E-state index in [0.717, 1.165) is 38.4 Å². The SMILES string of the molecule is CCN1CCN(c2ccc(NC(=O)c3cccc(OC(C)C)c3)cc2N)CC1. The van der Waals surface area contributed by atoms with E-state index in [1.807, 2.05) is 44.2 Å². The zero-order valence-electron chi connectivity index (χ0n) is 16.9. The maximum Gasteiger partial charge on any atom is 0.255 e. The van der Waals surface area contributed by atoms with E-state index in [0.29, 0.717) is 22.7 Å². The molecule has 0 aromatic heterocycles. The molecular formula is C22H30N4O2. The maximum absolute atomic E-state index is 12.6. The van der Waals surface area contributed by atoms with Gasteiger partial charge >= 0.3 is 0 Å². The second kappa shape index (κ2) is 8.97. The molecule has 1 fully saturated rings. The molecule has 0 saturated carbocycles. The number of hydrogen-bond donors (Lipinski definition) is 2. The average molecular weight is 383 g/mol.